The van der Waals surface area contributed by atoms with E-state index in [0.29, 0.717) is 0 Å². The van der Waals surface area contributed by atoms with Crippen LogP contribution in [0.15, 0.2) is 186 Å². The van der Waals surface area contributed by atoms with E-state index in [2.05, 4.69) is 182 Å². The van der Waals surface area contributed by atoms with Crippen LogP contribution in [0.5, 0.6) is 0 Å². The lowest BCUT2D eigenvalue weighted by Crippen LogP contribution is -2.11. The molecule has 0 saturated carbocycles. The molecule has 232 valence electrons. The van der Waals surface area contributed by atoms with E-state index in [1.165, 1.54) is 43.8 Å². The van der Waals surface area contributed by atoms with Gasteiger partial charge < -0.3 is 9.32 Å². The van der Waals surface area contributed by atoms with Gasteiger partial charge in [0.15, 0.2) is 0 Å². The van der Waals surface area contributed by atoms with Crippen molar-refractivity contribution in [2.75, 3.05) is 4.90 Å². The highest BCUT2D eigenvalue weighted by Gasteiger charge is 2.20. The molecule has 0 unspecified atom stereocenters. The molecule has 0 N–H and O–H groups in total. The monoisotopic (exact) mass is 627 g/mol. The number of hydrogen-bond acceptors (Lipinski definition) is 2. The lowest BCUT2D eigenvalue weighted by Gasteiger charge is -2.28. The smallest absolute Gasteiger partial charge is 0.138 e. The zero-order valence-electron chi connectivity index (χ0n) is 27.2. The van der Waals surface area contributed by atoms with Crippen molar-refractivity contribution in [1.29, 1.82) is 0 Å². The van der Waals surface area contributed by atoms with Gasteiger partial charge in [0.05, 0.1) is 5.69 Å². The number of anilines is 3. The molecule has 2 heteroatoms. The third-order valence-electron chi connectivity index (χ3n) is 9.65. The van der Waals surface area contributed by atoms with Crippen LogP contribution in [0.1, 0.15) is 5.56 Å². The summed E-state index contributed by atoms with van der Waals surface area (Å²) in [6.45, 7) is 2.15. The Kier molecular flexibility index (Phi) is 7.06. The minimum atomic E-state index is 0.902. The molecule has 0 aliphatic carbocycles. The average Bonchev–Trinajstić information content (AvgIpc) is 3.52. The Morgan fingerprint density at radius 3 is 1.76 bits per heavy atom. The van der Waals surface area contributed by atoms with Crippen molar-refractivity contribution < 1.29 is 4.42 Å². The molecule has 9 aromatic rings. The summed E-state index contributed by atoms with van der Waals surface area (Å²) in [5, 5.41) is 6.04. The average molecular weight is 628 g/mol. The van der Waals surface area contributed by atoms with Crippen molar-refractivity contribution in [2.45, 2.75) is 6.92 Å². The van der Waals surface area contributed by atoms with Gasteiger partial charge in [-0.1, -0.05) is 146 Å². The number of rotatable bonds is 6. The predicted octanol–water partition coefficient (Wildman–Crippen LogP) is 13.5. The predicted molar refractivity (Wildman–Crippen MR) is 207 cm³/mol. The van der Waals surface area contributed by atoms with E-state index in [1.54, 1.807) is 0 Å². The van der Waals surface area contributed by atoms with E-state index in [9.17, 15) is 0 Å². The van der Waals surface area contributed by atoms with Gasteiger partial charge in [-0.15, -0.1) is 0 Å². The first kappa shape index (κ1) is 28.8. The van der Waals surface area contributed by atoms with Crippen LogP contribution in [0, 0.1) is 6.92 Å². The van der Waals surface area contributed by atoms with Gasteiger partial charge in [0.2, 0.25) is 0 Å². The number of nitrogens with zero attached hydrogens (tertiary/aromatic N) is 1. The van der Waals surface area contributed by atoms with Crippen molar-refractivity contribution in [1.82, 2.24) is 0 Å². The van der Waals surface area contributed by atoms with Crippen LogP contribution in [0.25, 0.3) is 66.1 Å². The van der Waals surface area contributed by atoms with E-state index in [1.807, 2.05) is 12.1 Å². The Hall–Kier alpha value is -6.38. The highest BCUT2D eigenvalue weighted by molar-refractivity contribution is 6.14. The van der Waals surface area contributed by atoms with Crippen LogP contribution in [0.4, 0.5) is 17.1 Å². The Morgan fingerprint density at radius 2 is 1.00 bits per heavy atom. The zero-order valence-corrected chi connectivity index (χ0v) is 27.2. The van der Waals surface area contributed by atoms with E-state index in [0.717, 1.165) is 44.9 Å². The van der Waals surface area contributed by atoms with Gasteiger partial charge in [-0.05, 0) is 81.7 Å². The highest BCUT2D eigenvalue weighted by Crippen LogP contribution is 2.44. The highest BCUT2D eigenvalue weighted by atomic mass is 16.3. The first-order valence-electron chi connectivity index (χ1n) is 16.8. The molecule has 0 aliphatic rings. The Bertz CT molecular complexity index is 2610. The van der Waals surface area contributed by atoms with E-state index in [-0.39, 0.29) is 0 Å². The first-order valence-corrected chi connectivity index (χ1v) is 16.8. The van der Waals surface area contributed by atoms with Gasteiger partial charge in [-0.2, -0.15) is 0 Å². The summed E-state index contributed by atoms with van der Waals surface area (Å²) in [5.41, 5.74) is 11.2. The Labute approximate surface area is 286 Å². The van der Waals surface area contributed by atoms with E-state index in [4.69, 9.17) is 4.42 Å². The number of fused-ring (bicyclic) bond motifs is 4. The van der Waals surface area contributed by atoms with Crippen molar-refractivity contribution in [3.63, 3.8) is 0 Å². The second-order valence-electron chi connectivity index (χ2n) is 12.6. The van der Waals surface area contributed by atoms with Crippen LogP contribution in [0.3, 0.4) is 0 Å². The van der Waals surface area contributed by atoms with Crippen molar-refractivity contribution in [3.8, 4) is 33.6 Å². The van der Waals surface area contributed by atoms with Gasteiger partial charge >= 0.3 is 0 Å². The minimum Gasteiger partial charge on any atom is -0.456 e. The van der Waals surface area contributed by atoms with E-state index >= 15 is 0 Å². The topological polar surface area (TPSA) is 16.4 Å². The van der Waals surface area contributed by atoms with Crippen LogP contribution in [-0.2, 0) is 0 Å². The molecule has 0 spiro atoms. The molecule has 0 bridgehead atoms. The summed E-state index contributed by atoms with van der Waals surface area (Å²) in [6.07, 6.45) is 0. The molecule has 0 radical (unpaired) electrons. The fraction of sp³-hybridized carbons (Fsp3) is 0.0213. The molecule has 49 heavy (non-hydrogen) atoms. The van der Waals surface area contributed by atoms with Gasteiger partial charge in [0.1, 0.15) is 11.3 Å². The van der Waals surface area contributed by atoms with Gasteiger partial charge in [0, 0.05) is 33.3 Å². The Morgan fingerprint density at radius 1 is 0.408 bits per heavy atom. The molecule has 0 aliphatic heterocycles. The number of hydrogen-bond donors (Lipinski definition) is 0. The van der Waals surface area contributed by atoms with Crippen molar-refractivity contribution >= 4 is 49.6 Å². The molecular formula is C47H33NO. The van der Waals surface area contributed by atoms with Crippen LogP contribution in [0.2, 0.25) is 0 Å². The van der Waals surface area contributed by atoms with Crippen LogP contribution < -0.4 is 4.90 Å². The van der Waals surface area contributed by atoms with Crippen LogP contribution >= 0.6 is 0 Å². The quantitative estimate of drug-likeness (QED) is 0.171. The lowest BCUT2D eigenvalue weighted by molar-refractivity contribution is 0.629. The summed E-state index contributed by atoms with van der Waals surface area (Å²) in [4.78, 5) is 2.39. The largest absolute Gasteiger partial charge is 0.456 e. The third kappa shape index (κ3) is 5.06. The third-order valence-corrected chi connectivity index (χ3v) is 9.65. The molecule has 8 aromatic carbocycles. The molecule has 0 fully saturated rings. The molecule has 1 aromatic heterocycles. The fourth-order valence-electron chi connectivity index (χ4n) is 7.28. The fourth-order valence-corrected chi connectivity index (χ4v) is 7.28. The number of aryl methyl sites for hydroxylation is 1. The Balaban J connectivity index is 1.24. The van der Waals surface area contributed by atoms with Gasteiger partial charge in [-0.25, -0.2) is 0 Å². The molecule has 2 nitrogen and oxygen atoms in total. The number of furan rings is 1. The maximum atomic E-state index is 6.45. The van der Waals surface area contributed by atoms with Gasteiger partial charge in [0.25, 0.3) is 0 Å². The van der Waals surface area contributed by atoms with Crippen molar-refractivity contribution in [3.05, 3.63) is 188 Å². The van der Waals surface area contributed by atoms with Crippen LogP contribution in [-0.4, -0.2) is 0 Å². The summed E-state index contributed by atoms with van der Waals surface area (Å²) >= 11 is 0. The molecule has 0 atom stereocenters. The summed E-state index contributed by atoms with van der Waals surface area (Å²) < 4.78 is 6.45. The maximum Gasteiger partial charge on any atom is 0.138 e. The molecule has 1 heterocycles. The van der Waals surface area contributed by atoms with E-state index < -0.39 is 0 Å². The summed E-state index contributed by atoms with van der Waals surface area (Å²) in [5.74, 6) is 0.902. The SMILES string of the molecule is Cc1c(-c2cccc(N(c3ccc(-c4ccccc4-c4ccccc4)cc3)c3cc4ccccc4c4ccccc34)c2)oc2ccccc12. The second-order valence-corrected chi connectivity index (χ2v) is 12.6. The normalized spacial score (nSPS) is 11.4. The maximum absolute atomic E-state index is 6.45. The zero-order chi connectivity index (χ0) is 32.7. The number of para-hydroxylation sites is 1. The second kappa shape index (κ2) is 12.0. The summed E-state index contributed by atoms with van der Waals surface area (Å²) in [6, 6.07) is 65.0. The van der Waals surface area contributed by atoms with Gasteiger partial charge in [-0.3, -0.25) is 0 Å². The summed E-state index contributed by atoms with van der Waals surface area (Å²) in [7, 11) is 0. The molecule has 0 amide bonds. The molecule has 0 saturated heterocycles. The minimum absolute atomic E-state index is 0.902. The molecular weight excluding hydrogens is 595 g/mol. The standard InChI is InChI=1S/C47H33NO/c1-32-39-19-11-12-25-46(39)49-47(32)36-17-13-18-38(30-36)48(45-31-35-16-5-6-22-42(35)43-23-9-10-24-44(43)45)37-28-26-34(27-29-37)41-21-8-7-20-40(41)33-14-3-2-4-15-33/h2-31H,1H3. The number of benzene rings is 8. The van der Waals surface area contributed by atoms with Crippen molar-refractivity contribution in [2.24, 2.45) is 0 Å². The molecule has 9 rings (SSSR count). The first-order chi connectivity index (χ1) is 24.2. The lowest BCUT2D eigenvalue weighted by atomic mass is 9.94.